The number of carbonyl (C=O) groups excluding carboxylic acids is 3. The highest BCUT2D eigenvalue weighted by Gasteiger charge is 2.14. The van der Waals surface area contributed by atoms with E-state index < -0.39 is 30.2 Å². The van der Waals surface area contributed by atoms with Gasteiger partial charge in [0.25, 0.3) is 11.8 Å². The Morgan fingerprint density at radius 2 is 1.83 bits per heavy atom. The molecule has 2 amide bonds. The summed E-state index contributed by atoms with van der Waals surface area (Å²) < 4.78 is 23.4. The summed E-state index contributed by atoms with van der Waals surface area (Å²) in [6.07, 6.45) is 0. The number of amides is 2. The van der Waals surface area contributed by atoms with Crippen molar-refractivity contribution in [2.24, 2.45) is 0 Å². The van der Waals surface area contributed by atoms with E-state index in [1.807, 2.05) is 6.92 Å². The standard InChI is InChI=1S/C21H23FN2O5/c1-3-28-18-9-7-16(8-10-18)21(27)23-12-20(26)29-14-19(25)24(2)13-15-5-4-6-17(22)11-15/h4-11H,3,12-14H2,1-2H3,(H,23,27). The minimum atomic E-state index is -0.739. The Bertz CT molecular complexity index is 854. The number of likely N-dealkylation sites (N-methyl/N-ethyl adjacent to an activating group) is 1. The molecule has 2 rings (SSSR count). The van der Waals surface area contributed by atoms with Crippen LogP contribution < -0.4 is 10.1 Å². The van der Waals surface area contributed by atoms with E-state index in [0.717, 1.165) is 0 Å². The molecule has 0 unspecified atom stereocenters. The Morgan fingerprint density at radius 1 is 1.10 bits per heavy atom. The van der Waals surface area contributed by atoms with Crippen molar-refractivity contribution in [3.8, 4) is 5.75 Å². The second-order valence-corrected chi connectivity index (χ2v) is 6.18. The van der Waals surface area contributed by atoms with Gasteiger partial charge < -0.3 is 19.7 Å². The minimum absolute atomic E-state index is 0.183. The molecule has 0 atom stereocenters. The van der Waals surface area contributed by atoms with Crippen LogP contribution in [-0.2, 0) is 20.9 Å². The van der Waals surface area contributed by atoms with Crippen molar-refractivity contribution in [3.05, 3.63) is 65.5 Å². The van der Waals surface area contributed by atoms with Gasteiger partial charge in [-0.15, -0.1) is 0 Å². The molecule has 1 N–H and O–H groups in total. The van der Waals surface area contributed by atoms with Gasteiger partial charge in [-0.05, 0) is 48.9 Å². The van der Waals surface area contributed by atoms with Crippen molar-refractivity contribution in [1.82, 2.24) is 10.2 Å². The summed E-state index contributed by atoms with van der Waals surface area (Å²) in [5, 5.41) is 2.43. The van der Waals surface area contributed by atoms with Crippen molar-refractivity contribution in [1.29, 1.82) is 0 Å². The van der Waals surface area contributed by atoms with Gasteiger partial charge in [-0.25, -0.2) is 4.39 Å². The largest absolute Gasteiger partial charge is 0.494 e. The molecule has 0 saturated heterocycles. The fraction of sp³-hybridized carbons (Fsp3) is 0.286. The summed E-state index contributed by atoms with van der Waals surface area (Å²) in [6, 6.07) is 12.4. The highest BCUT2D eigenvalue weighted by Crippen LogP contribution is 2.12. The van der Waals surface area contributed by atoms with E-state index in [0.29, 0.717) is 23.5 Å². The molecule has 0 heterocycles. The molecule has 2 aromatic carbocycles. The molecule has 0 aliphatic carbocycles. The maximum atomic E-state index is 13.2. The van der Waals surface area contributed by atoms with Gasteiger partial charge in [0.2, 0.25) is 0 Å². The van der Waals surface area contributed by atoms with E-state index >= 15 is 0 Å². The molecule has 0 aromatic heterocycles. The zero-order chi connectivity index (χ0) is 21.2. The van der Waals surface area contributed by atoms with Crippen molar-refractivity contribution in [2.45, 2.75) is 13.5 Å². The molecule has 8 heteroatoms. The van der Waals surface area contributed by atoms with Crippen LogP contribution in [0.15, 0.2) is 48.5 Å². The maximum Gasteiger partial charge on any atom is 0.325 e. The predicted octanol–water partition coefficient (Wildman–Crippen LogP) is 2.16. The smallest absolute Gasteiger partial charge is 0.325 e. The van der Waals surface area contributed by atoms with Gasteiger partial charge in [0.05, 0.1) is 6.61 Å². The molecular formula is C21H23FN2O5. The summed E-state index contributed by atoms with van der Waals surface area (Å²) in [5.74, 6) is -1.38. The van der Waals surface area contributed by atoms with Crippen LogP contribution in [0.5, 0.6) is 5.75 Å². The lowest BCUT2D eigenvalue weighted by Crippen LogP contribution is -2.34. The van der Waals surface area contributed by atoms with Crippen LogP contribution in [0, 0.1) is 5.82 Å². The summed E-state index contributed by atoms with van der Waals surface area (Å²) >= 11 is 0. The Labute approximate surface area is 168 Å². The topological polar surface area (TPSA) is 84.9 Å². The fourth-order valence-electron chi connectivity index (χ4n) is 2.42. The van der Waals surface area contributed by atoms with Gasteiger partial charge in [0.15, 0.2) is 6.61 Å². The van der Waals surface area contributed by atoms with Gasteiger partial charge in [-0.2, -0.15) is 0 Å². The number of hydrogen-bond acceptors (Lipinski definition) is 5. The number of nitrogens with one attached hydrogen (secondary N) is 1. The lowest BCUT2D eigenvalue weighted by molar-refractivity contribution is -0.150. The molecule has 154 valence electrons. The van der Waals surface area contributed by atoms with Crippen molar-refractivity contribution in [3.63, 3.8) is 0 Å². The van der Waals surface area contributed by atoms with E-state index in [1.165, 1.54) is 24.1 Å². The molecule has 7 nitrogen and oxygen atoms in total. The number of carbonyl (C=O) groups is 3. The highest BCUT2D eigenvalue weighted by molar-refractivity contribution is 5.96. The highest BCUT2D eigenvalue weighted by atomic mass is 19.1. The number of hydrogen-bond donors (Lipinski definition) is 1. The monoisotopic (exact) mass is 402 g/mol. The van der Waals surface area contributed by atoms with E-state index in [4.69, 9.17) is 9.47 Å². The number of halogens is 1. The van der Waals surface area contributed by atoms with Gasteiger partial charge in [-0.1, -0.05) is 12.1 Å². The van der Waals surface area contributed by atoms with E-state index in [2.05, 4.69) is 5.32 Å². The van der Waals surface area contributed by atoms with Crippen LogP contribution in [0.25, 0.3) is 0 Å². The lowest BCUT2D eigenvalue weighted by atomic mass is 10.2. The summed E-state index contributed by atoms with van der Waals surface area (Å²) in [6.45, 7) is 1.73. The van der Waals surface area contributed by atoms with Crippen molar-refractivity contribution in [2.75, 3.05) is 26.8 Å². The van der Waals surface area contributed by atoms with Crippen LogP contribution >= 0.6 is 0 Å². The Morgan fingerprint density at radius 3 is 2.48 bits per heavy atom. The Kier molecular flexibility index (Phi) is 8.14. The van der Waals surface area contributed by atoms with Crippen molar-refractivity contribution >= 4 is 17.8 Å². The molecule has 0 bridgehead atoms. The Hall–Kier alpha value is -3.42. The van der Waals surface area contributed by atoms with E-state index in [9.17, 15) is 18.8 Å². The van der Waals surface area contributed by atoms with Crippen molar-refractivity contribution < 1.29 is 28.2 Å². The Balaban J connectivity index is 1.73. The first-order chi connectivity index (χ1) is 13.9. The quantitative estimate of drug-likeness (QED) is 0.650. The van der Waals surface area contributed by atoms with Gasteiger partial charge in [0.1, 0.15) is 18.1 Å². The number of esters is 1. The number of nitrogens with zero attached hydrogens (tertiary/aromatic N) is 1. The maximum absolute atomic E-state index is 13.2. The fourth-order valence-corrected chi connectivity index (χ4v) is 2.42. The summed E-state index contributed by atoms with van der Waals surface area (Å²) in [7, 11) is 1.52. The van der Waals surface area contributed by atoms with Crippen LogP contribution in [0.1, 0.15) is 22.8 Å². The number of benzene rings is 2. The first-order valence-electron chi connectivity index (χ1n) is 9.04. The minimum Gasteiger partial charge on any atom is -0.494 e. The summed E-state index contributed by atoms with van der Waals surface area (Å²) in [4.78, 5) is 37.2. The number of ether oxygens (including phenoxy) is 2. The lowest BCUT2D eigenvalue weighted by Gasteiger charge is -2.17. The molecule has 0 aliphatic heterocycles. The third-order valence-corrected chi connectivity index (χ3v) is 3.91. The average molecular weight is 402 g/mol. The van der Waals surface area contributed by atoms with Crippen LogP contribution in [0.2, 0.25) is 0 Å². The molecular weight excluding hydrogens is 379 g/mol. The van der Waals surface area contributed by atoms with Crippen LogP contribution in [0.3, 0.4) is 0 Å². The molecule has 0 fully saturated rings. The van der Waals surface area contributed by atoms with E-state index in [1.54, 1.807) is 36.4 Å². The molecule has 0 spiro atoms. The van der Waals surface area contributed by atoms with Gasteiger partial charge in [-0.3, -0.25) is 14.4 Å². The molecule has 0 saturated carbocycles. The van der Waals surface area contributed by atoms with Gasteiger partial charge >= 0.3 is 5.97 Å². The normalized spacial score (nSPS) is 10.2. The number of rotatable bonds is 9. The second kappa shape index (κ2) is 10.8. The van der Waals surface area contributed by atoms with Crippen LogP contribution in [0.4, 0.5) is 4.39 Å². The zero-order valence-electron chi connectivity index (χ0n) is 16.3. The molecule has 0 aliphatic rings. The van der Waals surface area contributed by atoms with E-state index in [-0.39, 0.29) is 13.1 Å². The third kappa shape index (κ3) is 7.25. The third-order valence-electron chi connectivity index (χ3n) is 3.91. The second-order valence-electron chi connectivity index (χ2n) is 6.18. The SMILES string of the molecule is CCOc1ccc(C(=O)NCC(=O)OCC(=O)N(C)Cc2cccc(F)c2)cc1. The first kappa shape index (κ1) is 21.9. The zero-order valence-corrected chi connectivity index (χ0v) is 16.3. The molecule has 29 heavy (non-hydrogen) atoms. The first-order valence-corrected chi connectivity index (χ1v) is 9.04. The molecule has 0 radical (unpaired) electrons. The predicted molar refractivity (Wildman–Crippen MR) is 104 cm³/mol. The molecule has 2 aromatic rings. The summed E-state index contributed by atoms with van der Waals surface area (Å²) in [5.41, 5.74) is 0.988. The van der Waals surface area contributed by atoms with Gasteiger partial charge in [0, 0.05) is 19.2 Å². The average Bonchev–Trinajstić information content (AvgIpc) is 2.71. The van der Waals surface area contributed by atoms with Crippen LogP contribution in [-0.4, -0.2) is 49.5 Å².